The number of benzene rings is 3. The van der Waals surface area contributed by atoms with Crippen LogP contribution in [0.2, 0.25) is 10.0 Å². The summed E-state index contributed by atoms with van der Waals surface area (Å²) in [6.07, 6.45) is 1.31. The van der Waals surface area contributed by atoms with Crippen LogP contribution in [-0.2, 0) is 13.0 Å². The molecule has 0 bridgehead atoms. The van der Waals surface area contributed by atoms with E-state index in [1.807, 2.05) is 55.1 Å². The summed E-state index contributed by atoms with van der Waals surface area (Å²) >= 11 is 12.1. The van der Waals surface area contributed by atoms with E-state index in [2.05, 4.69) is 10.6 Å². The minimum atomic E-state index is -0.869. The molecule has 208 valence electrons. The molecule has 3 N–H and O–H groups in total. The summed E-state index contributed by atoms with van der Waals surface area (Å²) in [4.78, 5) is 28.2. The van der Waals surface area contributed by atoms with Crippen molar-refractivity contribution in [2.24, 2.45) is 0 Å². The van der Waals surface area contributed by atoms with Crippen molar-refractivity contribution in [2.75, 3.05) is 19.6 Å². The lowest BCUT2D eigenvalue weighted by molar-refractivity contribution is 0.0755. The first-order chi connectivity index (χ1) is 18.8. The van der Waals surface area contributed by atoms with E-state index in [9.17, 15) is 14.7 Å². The number of nitrogens with zero attached hydrogens (tertiary/aromatic N) is 1. The van der Waals surface area contributed by atoms with Gasteiger partial charge in [-0.15, -0.1) is 0 Å². The number of hydrogen-bond acceptors (Lipinski definition) is 4. The summed E-state index contributed by atoms with van der Waals surface area (Å²) in [6, 6.07) is 21.3. The predicted molar refractivity (Wildman–Crippen MR) is 159 cm³/mol. The standard InChI is InChI=1S/C31H37Cl2N3O3/c1-3-15-36(16-4-2)31(39)25-12-8-11-24(19-25)30(38)35-28(18-22-9-6-5-7-10-22)29(37)21-34-20-23-13-14-26(32)27(33)17-23/h5-14,17,19,28-29,34,37H,3-4,15-16,18,20-21H2,1-2H3,(H,35,38)/t28-,29+/m0/s1. The van der Waals surface area contributed by atoms with E-state index >= 15 is 0 Å². The summed E-state index contributed by atoms with van der Waals surface area (Å²) < 4.78 is 0. The second kappa shape index (κ2) is 15.6. The Kier molecular flexibility index (Phi) is 12.3. The van der Waals surface area contributed by atoms with Gasteiger partial charge in [0.05, 0.1) is 22.2 Å². The van der Waals surface area contributed by atoms with E-state index in [1.54, 1.807) is 36.4 Å². The highest BCUT2D eigenvalue weighted by Crippen LogP contribution is 2.22. The Bertz CT molecular complexity index is 1220. The Hall–Kier alpha value is -2.90. The fourth-order valence-electron chi connectivity index (χ4n) is 4.39. The van der Waals surface area contributed by atoms with E-state index in [0.717, 1.165) is 24.0 Å². The SMILES string of the molecule is CCCN(CCC)C(=O)c1cccc(C(=O)N[C@@H](Cc2ccccc2)[C@H](O)CNCc2ccc(Cl)c(Cl)c2)c1. The van der Waals surface area contributed by atoms with Crippen molar-refractivity contribution >= 4 is 35.0 Å². The first kappa shape index (κ1) is 30.6. The Balaban J connectivity index is 1.71. The van der Waals surface area contributed by atoms with Crippen LogP contribution < -0.4 is 10.6 Å². The number of amides is 2. The quantitative estimate of drug-likeness (QED) is 0.231. The lowest BCUT2D eigenvalue weighted by atomic mass is 10.00. The highest BCUT2D eigenvalue weighted by atomic mass is 35.5. The number of rotatable bonds is 14. The Labute approximate surface area is 241 Å². The van der Waals surface area contributed by atoms with Crippen LogP contribution in [0.5, 0.6) is 0 Å². The highest BCUT2D eigenvalue weighted by molar-refractivity contribution is 6.42. The number of hydrogen-bond donors (Lipinski definition) is 3. The maximum atomic E-state index is 13.3. The van der Waals surface area contributed by atoms with Crippen LogP contribution in [0.25, 0.3) is 0 Å². The first-order valence-electron chi connectivity index (χ1n) is 13.4. The molecule has 6 nitrogen and oxygen atoms in total. The zero-order chi connectivity index (χ0) is 28.2. The lowest BCUT2D eigenvalue weighted by Gasteiger charge is -2.25. The van der Waals surface area contributed by atoms with Gasteiger partial charge < -0.3 is 20.6 Å². The van der Waals surface area contributed by atoms with Crippen molar-refractivity contribution in [3.05, 3.63) is 105 Å². The molecule has 39 heavy (non-hydrogen) atoms. The zero-order valence-electron chi connectivity index (χ0n) is 22.5. The van der Waals surface area contributed by atoms with Crippen LogP contribution in [0.15, 0.2) is 72.8 Å². The van der Waals surface area contributed by atoms with Crippen LogP contribution in [0, 0.1) is 0 Å². The average molecular weight is 571 g/mol. The molecular weight excluding hydrogens is 533 g/mol. The fourth-order valence-corrected chi connectivity index (χ4v) is 4.71. The number of carbonyl (C=O) groups excluding carboxylic acids is 2. The third-order valence-corrected chi connectivity index (χ3v) is 7.13. The molecule has 0 aliphatic heterocycles. The van der Waals surface area contributed by atoms with Crippen molar-refractivity contribution in [1.82, 2.24) is 15.5 Å². The van der Waals surface area contributed by atoms with Gasteiger partial charge in [0.25, 0.3) is 11.8 Å². The van der Waals surface area contributed by atoms with E-state index in [1.165, 1.54) is 0 Å². The maximum absolute atomic E-state index is 13.3. The van der Waals surface area contributed by atoms with E-state index < -0.39 is 12.1 Å². The van der Waals surface area contributed by atoms with Crippen molar-refractivity contribution < 1.29 is 14.7 Å². The first-order valence-corrected chi connectivity index (χ1v) is 14.1. The summed E-state index contributed by atoms with van der Waals surface area (Å²) in [5.41, 5.74) is 2.78. The van der Waals surface area contributed by atoms with Crippen LogP contribution in [0.3, 0.4) is 0 Å². The van der Waals surface area contributed by atoms with Gasteiger partial charge in [0.15, 0.2) is 0 Å². The average Bonchev–Trinajstić information content (AvgIpc) is 2.94. The highest BCUT2D eigenvalue weighted by Gasteiger charge is 2.23. The van der Waals surface area contributed by atoms with Crippen LogP contribution in [0.4, 0.5) is 0 Å². The fraction of sp³-hybridized carbons (Fsp3) is 0.355. The normalized spacial score (nSPS) is 12.5. The molecule has 2 atom stereocenters. The summed E-state index contributed by atoms with van der Waals surface area (Å²) in [5.74, 6) is -0.424. The molecule has 0 aliphatic rings. The monoisotopic (exact) mass is 569 g/mol. The minimum absolute atomic E-state index is 0.0827. The molecule has 0 radical (unpaired) electrons. The molecule has 0 aliphatic carbocycles. The van der Waals surface area contributed by atoms with Gasteiger partial charge in [-0.1, -0.05) is 79.5 Å². The Morgan fingerprint density at radius 1 is 0.846 bits per heavy atom. The molecule has 2 amide bonds. The van der Waals surface area contributed by atoms with Crippen LogP contribution in [-0.4, -0.2) is 53.6 Å². The largest absolute Gasteiger partial charge is 0.390 e. The number of nitrogens with one attached hydrogen (secondary N) is 2. The molecule has 0 aromatic heterocycles. The van der Waals surface area contributed by atoms with Crippen molar-refractivity contribution in [3.63, 3.8) is 0 Å². The molecule has 3 aromatic rings. The number of aliphatic hydroxyl groups is 1. The second-order valence-electron chi connectivity index (χ2n) is 9.59. The summed E-state index contributed by atoms with van der Waals surface area (Å²) in [5, 5.41) is 18.3. The van der Waals surface area contributed by atoms with Gasteiger partial charge in [0.1, 0.15) is 0 Å². The van der Waals surface area contributed by atoms with E-state index in [-0.39, 0.29) is 18.4 Å². The van der Waals surface area contributed by atoms with Crippen molar-refractivity contribution in [2.45, 2.75) is 51.8 Å². The van der Waals surface area contributed by atoms with Crippen molar-refractivity contribution in [3.8, 4) is 0 Å². The topological polar surface area (TPSA) is 81.7 Å². The molecule has 0 unspecified atom stereocenters. The summed E-state index contributed by atoms with van der Waals surface area (Å²) in [6.45, 7) is 6.15. The molecule has 8 heteroatoms. The van der Waals surface area contributed by atoms with Crippen molar-refractivity contribution in [1.29, 1.82) is 0 Å². The number of halogens is 2. The maximum Gasteiger partial charge on any atom is 0.253 e. The smallest absolute Gasteiger partial charge is 0.253 e. The Morgan fingerprint density at radius 2 is 1.54 bits per heavy atom. The van der Waals surface area contributed by atoms with Gasteiger partial charge in [-0.25, -0.2) is 0 Å². The third-order valence-electron chi connectivity index (χ3n) is 6.39. The molecule has 0 saturated heterocycles. The molecule has 0 fully saturated rings. The number of carbonyl (C=O) groups is 2. The van der Waals surface area contributed by atoms with Gasteiger partial charge in [-0.2, -0.15) is 0 Å². The molecule has 3 aromatic carbocycles. The summed E-state index contributed by atoms with van der Waals surface area (Å²) in [7, 11) is 0. The molecular formula is C31H37Cl2N3O3. The molecule has 0 spiro atoms. The second-order valence-corrected chi connectivity index (χ2v) is 10.4. The van der Waals surface area contributed by atoms with E-state index in [4.69, 9.17) is 23.2 Å². The van der Waals surface area contributed by atoms with Gasteiger partial charge >= 0.3 is 0 Å². The van der Waals surface area contributed by atoms with Crippen LogP contribution >= 0.6 is 23.2 Å². The molecule has 3 rings (SSSR count). The Morgan fingerprint density at radius 3 is 2.21 bits per heavy atom. The number of aliphatic hydroxyl groups excluding tert-OH is 1. The zero-order valence-corrected chi connectivity index (χ0v) is 24.0. The van der Waals surface area contributed by atoms with E-state index in [0.29, 0.717) is 47.2 Å². The predicted octanol–water partition coefficient (Wildman–Crippen LogP) is 5.75. The molecule has 0 heterocycles. The van der Waals surface area contributed by atoms with Gasteiger partial charge in [0.2, 0.25) is 0 Å². The van der Waals surface area contributed by atoms with Gasteiger partial charge in [-0.05, 0) is 60.7 Å². The molecule has 0 saturated carbocycles. The minimum Gasteiger partial charge on any atom is -0.390 e. The van der Waals surface area contributed by atoms with Gasteiger partial charge in [-0.3, -0.25) is 9.59 Å². The van der Waals surface area contributed by atoms with Gasteiger partial charge in [0, 0.05) is 37.3 Å². The third kappa shape index (κ3) is 9.36. The lowest BCUT2D eigenvalue weighted by Crippen LogP contribution is -2.48. The van der Waals surface area contributed by atoms with Crippen LogP contribution in [0.1, 0.15) is 58.5 Å².